The molecule has 0 radical (unpaired) electrons. The molecule has 0 aliphatic carbocycles. The van der Waals surface area contributed by atoms with Gasteiger partial charge in [-0.2, -0.15) is 0 Å². The molecule has 0 saturated carbocycles. The van der Waals surface area contributed by atoms with Crippen molar-refractivity contribution in [2.45, 2.75) is 19.4 Å². The molecule has 2 N–H and O–H groups in total. The van der Waals surface area contributed by atoms with Crippen LogP contribution in [0.4, 0.5) is 0 Å². The Kier molecular flexibility index (Phi) is 12.2. The lowest BCUT2D eigenvalue weighted by atomic mass is 10.2. The lowest BCUT2D eigenvalue weighted by Gasteiger charge is -2.25. The van der Waals surface area contributed by atoms with Crippen LogP contribution in [0.5, 0.6) is 11.5 Å². The van der Waals surface area contributed by atoms with E-state index in [0.717, 1.165) is 56.7 Å². The fourth-order valence-corrected chi connectivity index (χ4v) is 2.64. The number of para-hydroxylation sites is 2. The van der Waals surface area contributed by atoms with Gasteiger partial charge >= 0.3 is 0 Å². The van der Waals surface area contributed by atoms with Gasteiger partial charge in [-0.25, -0.2) is 4.99 Å². The van der Waals surface area contributed by atoms with E-state index in [-0.39, 0.29) is 30.1 Å². The van der Waals surface area contributed by atoms with Crippen molar-refractivity contribution in [1.82, 2.24) is 15.5 Å². The summed E-state index contributed by atoms with van der Waals surface area (Å²) in [5.74, 6) is 2.39. The highest BCUT2D eigenvalue weighted by molar-refractivity contribution is 14.0. The summed E-state index contributed by atoms with van der Waals surface area (Å²) in [5, 5.41) is 6.64. The summed E-state index contributed by atoms with van der Waals surface area (Å²) in [6.07, 6.45) is 0.971. The molecule has 1 aliphatic rings. The monoisotopic (exact) mass is 492 g/mol. The Morgan fingerprint density at radius 3 is 2.78 bits per heavy atom. The molecule has 0 saturated heterocycles. The SMILES string of the molecule is CCNC(=NCC1COc2ccccc2O1)NCCN(C)CCCOC.I. The minimum Gasteiger partial charge on any atom is -0.486 e. The first-order chi connectivity index (χ1) is 12.7. The van der Waals surface area contributed by atoms with E-state index in [1.54, 1.807) is 7.11 Å². The van der Waals surface area contributed by atoms with Gasteiger partial charge in [-0.15, -0.1) is 24.0 Å². The predicted molar refractivity (Wildman–Crippen MR) is 120 cm³/mol. The number of hydrogen-bond donors (Lipinski definition) is 2. The number of rotatable bonds is 10. The molecule has 0 spiro atoms. The summed E-state index contributed by atoms with van der Waals surface area (Å²) in [6, 6.07) is 7.74. The maximum absolute atomic E-state index is 5.95. The number of nitrogens with zero attached hydrogens (tertiary/aromatic N) is 2. The van der Waals surface area contributed by atoms with E-state index in [1.165, 1.54) is 0 Å². The molecular formula is C19H33IN4O3. The number of likely N-dealkylation sites (N-methyl/N-ethyl adjacent to an activating group) is 1. The predicted octanol–water partition coefficient (Wildman–Crippen LogP) is 1.97. The number of ether oxygens (including phenoxy) is 3. The van der Waals surface area contributed by atoms with Crippen molar-refractivity contribution in [3.63, 3.8) is 0 Å². The van der Waals surface area contributed by atoms with E-state index >= 15 is 0 Å². The van der Waals surface area contributed by atoms with E-state index in [9.17, 15) is 0 Å². The van der Waals surface area contributed by atoms with Gasteiger partial charge < -0.3 is 29.7 Å². The van der Waals surface area contributed by atoms with Crippen LogP contribution >= 0.6 is 24.0 Å². The Labute approximate surface area is 179 Å². The zero-order valence-corrected chi connectivity index (χ0v) is 18.9. The first-order valence-corrected chi connectivity index (χ1v) is 9.31. The van der Waals surface area contributed by atoms with Gasteiger partial charge in [0.25, 0.3) is 0 Å². The first-order valence-electron chi connectivity index (χ1n) is 9.31. The lowest BCUT2D eigenvalue weighted by molar-refractivity contribution is 0.0971. The molecule has 7 nitrogen and oxygen atoms in total. The average Bonchev–Trinajstić information content (AvgIpc) is 2.66. The summed E-state index contributed by atoms with van der Waals surface area (Å²) in [5.41, 5.74) is 0. The summed E-state index contributed by atoms with van der Waals surface area (Å²) in [4.78, 5) is 6.92. The van der Waals surface area contributed by atoms with Crippen LogP contribution in [0.2, 0.25) is 0 Å². The fraction of sp³-hybridized carbons (Fsp3) is 0.632. The van der Waals surface area contributed by atoms with Crippen LogP contribution in [-0.2, 0) is 4.74 Å². The molecule has 1 aromatic rings. The number of guanidine groups is 1. The topological polar surface area (TPSA) is 67.4 Å². The zero-order valence-electron chi connectivity index (χ0n) is 16.6. The number of fused-ring (bicyclic) bond motifs is 1. The van der Waals surface area contributed by atoms with Gasteiger partial charge in [-0.3, -0.25) is 0 Å². The summed E-state index contributed by atoms with van der Waals surface area (Å²) >= 11 is 0. The van der Waals surface area contributed by atoms with Crippen molar-refractivity contribution in [2.75, 3.05) is 60.1 Å². The molecule has 154 valence electrons. The Bertz CT molecular complexity index is 560. The van der Waals surface area contributed by atoms with Crippen LogP contribution in [0.25, 0.3) is 0 Å². The van der Waals surface area contributed by atoms with Crippen molar-refractivity contribution >= 4 is 29.9 Å². The van der Waals surface area contributed by atoms with E-state index in [2.05, 4.69) is 34.5 Å². The zero-order chi connectivity index (χ0) is 18.6. The van der Waals surface area contributed by atoms with Gasteiger partial charge in [0.1, 0.15) is 6.61 Å². The number of benzene rings is 1. The first kappa shape index (κ1) is 23.8. The Morgan fingerprint density at radius 2 is 2.04 bits per heavy atom. The van der Waals surface area contributed by atoms with Crippen molar-refractivity contribution < 1.29 is 14.2 Å². The molecule has 2 rings (SSSR count). The normalized spacial score (nSPS) is 16.0. The molecule has 0 aromatic heterocycles. The maximum atomic E-state index is 5.95. The summed E-state index contributed by atoms with van der Waals surface area (Å²) in [6.45, 7) is 7.55. The fourth-order valence-electron chi connectivity index (χ4n) is 2.64. The van der Waals surface area contributed by atoms with E-state index in [4.69, 9.17) is 14.2 Å². The van der Waals surface area contributed by atoms with E-state index in [0.29, 0.717) is 13.2 Å². The molecule has 8 heteroatoms. The highest BCUT2D eigenvalue weighted by atomic mass is 127. The Balaban J connectivity index is 0.00000364. The van der Waals surface area contributed by atoms with E-state index in [1.807, 2.05) is 24.3 Å². The quantitative estimate of drug-likeness (QED) is 0.225. The minimum absolute atomic E-state index is 0. The van der Waals surface area contributed by atoms with Crippen molar-refractivity contribution in [3.05, 3.63) is 24.3 Å². The number of nitrogens with one attached hydrogen (secondary N) is 2. The molecule has 0 bridgehead atoms. The van der Waals surface area contributed by atoms with Crippen molar-refractivity contribution in [1.29, 1.82) is 0 Å². The third-order valence-corrected chi connectivity index (χ3v) is 4.04. The molecule has 1 aromatic carbocycles. The van der Waals surface area contributed by atoms with Crippen molar-refractivity contribution in [3.8, 4) is 11.5 Å². The third kappa shape index (κ3) is 8.98. The molecule has 1 unspecified atom stereocenters. The molecule has 1 atom stereocenters. The van der Waals surface area contributed by atoms with Crippen LogP contribution in [0, 0.1) is 0 Å². The second-order valence-electron chi connectivity index (χ2n) is 6.29. The number of halogens is 1. The maximum Gasteiger partial charge on any atom is 0.191 e. The van der Waals surface area contributed by atoms with Gasteiger partial charge in [0.15, 0.2) is 23.6 Å². The van der Waals surface area contributed by atoms with Crippen molar-refractivity contribution in [2.24, 2.45) is 4.99 Å². The van der Waals surface area contributed by atoms with Crippen LogP contribution in [0.1, 0.15) is 13.3 Å². The third-order valence-electron chi connectivity index (χ3n) is 4.04. The standard InChI is InChI=1S/C19H32N4O3.HI/c1-4-20-19(21-10-12-23(2)11-7-13-24-3)22-14-16-15-25-17-8-5-6-9-18(17)26-16;/h5-6,8-9,16H,4,7,10-15H2,1-3H3,(H2,20,21,22);1H. The number of methoxy groups -OCH3 is 1. The van der Waals surface area contributed by atoms with Crippen LogP contribution in [0.15, 0.2) is 29.3 Å². The number of aliphatic imine (C=N–C) groups is 1. The molecule has 0 fully saturated rings. The highest BCUT2D eigenvalue weighted by Crippen LogP contribution is 2.30. The lowest BCUT2D eigenvalue weighted by Crippen LogP contribution is -2.42. The van der Waals surface area contributed by atoms with Gasteiger partial charge in [0, 0.05) is 39.9 Å². The second kappa shape index (κ2) is 13.8. The van der Waals surface area contributed by atoms with Crippen LogP contribution < -0.4 is 20.1 Å². The van der Waals surface area contributed by atoms with Gasteiger partial charge in [-0.05, 0) is 32.5 Å². The highest BCUT2D eigenvalue weighted by Gasteiger charge is 2.20. The van der Waals surface area contributed by atoms with Crippen LogP contribution in [-0.4, -0.2) is 77.1 Å². The van der Waals surface area contributed by atoms with E-state index < -0.39 is 0 Å². The smallest absolute Gasteiger partial charge is 0.191 e. The summed E-state index contributed by atoms with van der Waals surface area (Å²) in [7, 11) is 3.85. The van der Waals surface area contributed by atoms with Gasteiger partial charge in [0.2, 0.25) is 0 Å². The summed E-state index contributed by atoms with van der Waals surface area (Å²) < 4.78 is 16.8. The minimum atomic E-state index is -0.0722. The molecular weight excluding hydrogens is 459 g/mol. The molecule has 1 heterocycles. The Hall–Kier alpha value is -1.26. The molecule has 1 aliphatic heterocycles. The second-order valence-corrected chi connectivity index (χ2v) is 6.29. The van der Waals surface area contributed by atoms with Crippen LogP contribution in [0.3, 0.4) is 0 Å². The average molecular weight is 492 g/mol. The molecule has 0 amide bonds. The Morgan fingerprint density at radius 1 is 1.26 bits per heavy atom. The largest absolute Gasteiger partial charge is 0.486 e. The number of hydrogen-bond acceptors (Lipinski definition) is 5. The van der Waals surface area contributed by atoms with Gasteiger partial charge in [-0.1, -0.05) is 12.1 Å². The van der Waals surface area contributed by atoms with Gasteiger partial charge in [0.05, 0.1) is 6.54 Å². The molecule has 27 heavy (non-hydrogen) atoms.